The van der Waals surface area contributed by atoms with Crippen LogP contribution in [0.5, 0.6) is 5.75 Å². The van der Waals surface area contributed by atoms with Gasteiger partial charge in [-0.2, -0.15) is 5.10 Å². The van der Waals surface area contributed by atoms with Gasteiger partial charge in [0, 0.05) is 5.71 Å². The van der Waals surface area contributed by atoms with Gasteiger partial charge in [0.1, 0.15) is 5.75 Å². The summed E-state index contributed by atoms with van der Waals surface area (Å²) in [6, 6.07) is 7.40. The summed E-state index contributed by atoms with van der Waals surface area (Å²) < 4.78 is 10.1. The molecule has 1 rings (SSSR count). The number of benzene rings is 1. The Morgan fingerprint density at radius 3 is 2.76 bits per heavy atom. The Morgan fingerprint density at radius 1 is 1.33 bits per heavy atom. The Morgan fingerprint density at radius 2 is 2.10 bits per heavy atom. The van der Waals surface area contributed by atoms with Crippen LogP contribution in [-0.2, 0) is 14.3 Å². The maximum atomic E-state index is 11.6. The minimum Gasteiger partial charge on any atom is -0.484 e. The van der Waals surface area contributed by atoms with Crippen LogP contribution >= 0.6 is 0 Å². The van der Waals surface area contributed by atoms with Gasteiger partial charge in [-0.15, -0.1) is 0 Å². The normalized spacial score (nSPS) is 10.9. The lowest BCUT2D eigenvalue weighted by Gasteiger charge is -2.06. The molecule has 0 saturated heterocycles. The smallest absolute Gasteiger partial charge is 0.311 e. The van der Waals surface area contributed by atoms with E-state index in [0.717, 1.165) is 5.56 Å². The highest BCUT2D eigenvalue weighted by molar-refractivity contribution is 5.98. The van der Waals surface area contributed by atoms with Crippen molar-refractivity contribution in [3.05, 3.63) is 29.8 Å². The third kappa shape index (κ3) is 7.10. The minimum absolute atomic E-state index is 0.0485. The van der Waals surface area contributed by atoms with Gasteiger partial charge < -0.3 is 9.47 Å². The summed E-state index contributed by atoms with van der Waals surface area (Å²) in [4.78, 5) is 22.8. The number of hydrogen-bond donors (Lipinski definition) is 1. The number of carbonyl (C=O) groups excluding carboxylic acids is 2. The fraction of sp³-hybridized carbons (Fsp3) is 0.400. The Hall–Kier alpha value is -2.37. The first-order valence-electron chi connectivity index (χ1n) is 6.68. The van der Waals surface area contributed by atoms with E-state index < -0.39 is 0 Å². The molecule has 0 atom stereocenters. The fourth-order valence-corrected chi connectivity index (χ4v) is 1.50. The molecule has 6 heteroatoms. The summed E-state index contributed by atoms with van der Waals surface area (Å²) in [6.45, 7) is 5.49. The molecule has 1 aromatic carbocycles. The van der Waals surface area contributed by atoms with Crippen LogP contribution in [0.3, 0.4) is 0 Å². The maximum absolute atomic E-state index is 11.6. The Bertz CT molecular complexity index is 526. The van der Waals surface area contributed by atoms with Crippen molar-refractivity contribution in [3.63, 3.8) is 0 Å². The van der Waals surface area contributed by atoms with Gasteiger partial charge in [-0.25, -0.2) is 5.43 Å². The number of carbonyl (C=O) groups is 2. The summed E-state index contributed by atoms with van der Waals surface area (Å²) in [6.07, 6.45) is 0.0485. The molecule has 0 aromatic heterocycles. The number of rotatable bonds is 7. The van der Waals surface area contributed by atoms with Gasteiger partial charge in [0.2, 0.25) is 0 Å². The molecule has 0 aliphatic carbocycles. The van der Waals surface area contributed by atoms with E-state index in [2.05, 4.69) is 10.5 Å². The van der Waals surface area contributed by atoms with Crippen molar-refractivity contribution < 1.29 is 19.1 Å². The van der Waals surface area contributed by atoms with E-state index in [0.29, 0.717) is 18.1 Å². The zero-order chi connectivity index (χ0) is 15.7. The molecule has 0 spiro atoms. The van der Waals surface area contributed by atoms with Crippen molar-refractivity contribution in [3.8, 4) is 5.75 Å². The first kappa shape index (κ1) is 16.7. The van der Waals surface area contributed by atoms with E-state index in [1.54, 1.807) is 19.9 Å². The van der Waals surface area contributed by atoms with Crippen molar-refractivity contribution in [2.45, 2.75) is 27.2 Å². The molecule has 1 amide bonds. The second kappa shape index (κ2) is 8.73. The van der Waals surface area contributed by atoms with E-state index in [9.17, 15) is 9.59 Å². The van der Waals surface area contributed by atoms with Crippen molar-refractivity contribution in [2.75, 3.05) is 13.2 Å². The van der Waals surface area contributed by atoms with E-state index in [1.165, 1.54) is 0 Å². The number of ether oxygens (including phenoxy) is 2. The summed E-state index contributed by atoms with van der Waals surface area (Å²) in [5.41, 5.74) is 3.85. The van der Waals surface area contributed by atoms with Gasteiger partial charge in [0.15, 0.2) is 6.61 Å². The molecule has 1 N–H and O–H groups in total. The molecule has 6 nitrogen and oxygen atoms in total. The number of nitrogens with one attached hydrogen (secondary N) is 1. The topological polar surface area (TPSA) is 77.0 Å². The molecule has 1 aromatic rings. The van der Waals surface area contributed by atoms with Gasteiger partial charge >= 0.3 is 5.97 Å². The SMILES string of the molecule is CCOC(=O)CC(C)=NNC(=O)COc1cccc(C)c1. The van der Waals surface area contributed by atoms with Gasteiger partial charge in [0.05, 0.1) is 13.0 Å². The van der Waals surface area contributed by atoms with Gasteiger partial charge in [-0.05, 0) is 38.5 Å². The number of amides is 1. The van der Waals surface area contributed by atoms with Crippen LogP contribution < -0.4 is 10.2 Å². The molecule has 0 aliphatic rings. The quantitative estimate of drug-likeness (QED) is 0.472. The molecular formula is C15H20N2O4. The predicted molar refractivity (Wildman–Crippen MR) is 79.2 cm³/mol. The maximum Gasteiger partial charge on any atom is 0.311 e. The van der Waals surface area contributed by atoms with Crippen LogP contribution in [0, 0.1) is 6.92 Å². The fourth-order valence-electron chi connectivity index (χ4n) is 1.50. The lowest BCUT2D eigenvalue weighted by molar-refractivity contribution is -0.141. The first-order chi connectivity index (χ1) is 10.0. The Labute approximate surface area is 124 Å². The Kier molecular flexibility index (Phi) is 6.94. The van der Waals surface area contributed by atoms with E-state index in [4.69, 9.17) is 9.47 Å². The van der Waals surface area contributed by atoms with E-state index >= 15 is 0 Å². The molecule has 0 aliphatic heterocycles. The van der Waals surface area contributed by atoms with Crippen molar-refractivity contribution in [2.24, 2.45) is 5.10 Å². The second-order valence-corrected chi connectivity index (χ2v) is 4.47. The number of aryl methyl sites for hydroxylation is 1. The molecule has 0 unspecified atom stereocenters. The molecule has 0 fully saturated rings. The summed E-state index contributed by atoms with van der Waals surface area (Å²) >= 11 is 0. The minimum atomic E-state index is -0.389. The van der Waals surface area contributed by atoms with E-state index in [-0.39, 0.29) is 24.9 Å². The van der Waals surface area contributed by atoms with Crippen LogP contribution in [-0.4, -0.2) is 30.8 Å². The van der Waals surface area contributed by atoms with Crippen LogP contribution in [0.2, 0.25) is 0 Å². The van der Waals surface area contributed by atoms with Crippen molar-refractivity contribution in [1.82, 2.24) is 5.43 Å². The van der Waals surface area contributed by atoms with Crippen LogP contribution in [0.25, 0.3) is 0 Å². The lowest BCUT2D eigenvalue weighted by atomic mass is 10.2. The van der Waals surface area contributed by atoms with Crippen LogP contribution in [0.1, 0.15) is 25.8 Å². The summed E-state index contributed by atoms with van der Waals surface area (Å²) in [5.74, 6) is -0.138. The van der Waals surface area contributed by atoms with Crippen LogP contribution in [0.4, 0.5) is 0 Å². The standard InChI is InChI=1S/C15H20N2O4/c1-4-20-15(19)9-12(3)16-17-14(18)10-21-13-7-5-6-11(2)8-13/h5-8H,4,9-10H2,1-3H3,(H,17,18). The van der Waals surface area contributed by atoms with Crippen molar-refractivity contribution in [1.29, 1.82) is 0 Å². The highest BCUT2D eigenvalue weighted by Crippen LogP contribution is 2.11. The second-order valence-electron chi connectivity index (χ2n) is 4.47. The highest BCUT2D eigenvalue weighted by Gasteiger charge is 2.06. The average Bonchev–Trinajstić information content (AvgIpc) is 2.43. The number of hydrogen-bond acceptors (Lipinski definition) is 5. The monoisotopic (exact) mass is 292 g/mol. The molecule has 21 heavy (non-hydrogen) atoms. The van der Waals surface area contributed by atoms with E-state index in [1.807, 2.05) is 25.1 Å². The zero-order valence-corrected chi connectivity index (χ0v) is 12.5. The highest BCUT2D eigenvalue weighted by atomic mass is 16.5. The zero-order valence-electron chi connectivity index (χ0n) is 12.5. The molecule has 0 bridgehead atoms. The van der Waals surface area contributed by atoms with Crippen molar-refractivity contribution >= 4 is 17.6 Å². The average molecular weight is 292 g/mol. The summed E-state index contributed by atoms with van der Waals surface area (Å²) in [5, 5.41) is 3.81. The lowest BCUT2D eigenvalue weighted by Crippen LogP contribution is -2.26. The molecular weight excluding hydrogens is 272 g/mol. The van der Waals surface area contributed by atoms with Gasteiger partial charge in [-0.3, -0.25) is 9.59 Å². The number of hydrazone groups is 1. The predicted octanol–water partition coefficient (Wildman–Crippen LogP) is 1.82. The van der Waals surface area contributed by atoms with Crippen LogP contribution in [0.15, 0.2) is 29.4 Å². The van der Waals surface area contributed by atoms with Gasteiger partial charge in [0.25, 0.3) is 5.91 Å². The Balaban J connectivity index is 2.35. The molecule has 0 saturated carbocycles. The number of esters is 1. The molecule has 114 valence electrons. The summed E-state index contributed by atoms with van der Waals surface area (Å²) in [7, 11) is 0. The third-order valence-corrected chi connectivity index (χ3v) is 2.44. The largest absolute Gasteiger partial charge is 0.484 e. The van der Waals surface area contributed by atoms with Gasteiger partial charge in [-0.1, -0.05) is 12.1 Å². The third-order valence-electron chi connectivity index (χ3n) is 2.44. The first-order valence-corrected chi connectivity index (χ1v) is 6.68. The number of nitrogens with zero attached hydrogens (tertiary/aromatic N) is 1. The molecule has 0 heterocycles. The molecule has 0 radical (unpaired) electrons.